The third kappa shape index (κ3) is 10.5. The van der Waals surface area contributed by atoms with E-state index in [4.69, 9.17) is 32.0 Å². The topological polar surface area (TPSA) is 96.4 Å². The molecule has 0 spiro atoms. The number of carbonyl (C=O) groups is 2. The molecule has 9 heteroatoms. The molecule has 168 valence electrons. The van der Waals surface area contributed by atoms with Gasteiger partial charge in [0.15, 0.2) is 5.11 Å². The summed E-state index contributed by atoms with van der Waals surface area (Å²) in [5, 5.41) is 19.1. The summed E-state index contributed by atoms with van der Waals surface area (Å²) in [5.41, 5.74) is 1.39. The lowest BCUT2D eigenvalue weighted by molar-refractivity contribution is -0.159. The first-order valence-corrected chi connectivity index (χ1v) is 10.8. The maximum atomic E-state index is 9.10. The van der Waals surface area contributed by atoms with E-state index in [-0.39, 0.29) is 0 Å². The molecule has 0 unspecified atom stereocenters. The van der Waals surface area contributed by atoms with Crippen LogP contribution in [0.25, 0.3) is 0 Å². The molecule has 1 aromatic carbocycles. The molecule has 0 bridgehead atoms. The lowest BCUT2D eigenvalue weighted by Crippen LogP contribution is -2.51. The van der Waals surface area contributed by atoms with Crippen molar-refractivity contribution in [3.8, 4) is 0 Å². The van der Waals surface area contributed by atoms with Gasteiger partial charge in [0.1, 0.15) is 0 Å². The molecule has 0 aromatic heterocycles. The van der Waals surface area contributed by atoms with Gasteiger partial charge in [-0.25, -0.2) is 9.59 Å². The molecule has 0 amide bonds. The Kier molecular flexibility index (Phi) is 12.6. The number of hydrogen-bond donors (Lipinski definition) is 3. The van der Waals surface area contributed by atoms with Crippen LogP contribution in [0.3, 0.4) is 0 Å². The second-order valence-electron chi connectivity index (χ2n) is 6.97. The number of piperazine rings is 1. The van der Waals surface area contributed by atoms with Crippen molar-refractivity contribution in [1.29, 1.82) is 0 Å². The monoisotopic (exact) mass is 438 g/mol. The van der Waals surface area contributed by atoms with E-state index in [1.165, 1.54) is 5.56 Å². The molecule has 0 saturated carbocycles. The fourth-order valence-corrected chi connectivity index (χ4v) is 3.38. The SMILES string of the molecule is CCN(CC)CCCNC(=S)N1CCN(Cc2ccccc2)CC1.O=C(O)C(=O)O. The number of aliphatic carboxylic acids is 2. The van der Waals surface area contributed by atoms with Crippen LogP contribution in [0.4, 0.5) is 0 Å². The van der Waals surface area contributed by atoms with Gasteiger partial charge in [-0.2, -0.15) is 0 Å². The van der Waals surface area contributed by atoms with Crippen LogP contribution < -0.4 is 5.32 Å². The van der Waals surface area contributed by atoms with E-state index >= 15 is 0 Å². The number of carboxylic acids is 2. The molecule has 1 aromatic rings. The molecule has 8 nitrogen and oxygen atoms in total. The van der Waals surface area contributed by atoms with Crippen LogP contribution in [0, 0.1) is 0 Å². The third-order valence-electron chi connectivity index (χ3n) is 4.91. The zero-order valence-electron chi connectivity index (χ0n) is 17.9. The van der Waals surface area contributed by atoms with Crippen molar-refractivity contribution < 1.29 is 19.8 Å². The summed E-state index contributed by atoms with van der Waals surface area (Å²) in [6.45, 7) is 14.1. The Balaban J connectivity index is 0.000000656. The average molecular weight is 439 g/mol. The zero-order chi connectivity index (χ0) is 22.4. The quantitative estimate of drug-likeness (QED) is 0.317. The van der Waals surface area contributed by atoms with E-state index in [0.29, 0.717) is 0 Å². The normalized spacial score (nSPS) is 14.0. The van der Waals surface area contributed by atoms with Crippen molar-refractivity contribution in [2.75, 3.05) is 52.4 Å². The van der Waals surface area contributed by atoms with E-state index in [9.17, 15) is 0 Å². The van der Waals surface area contributed by atoms with Crippen molar-refractivity contribution in [3.63, 3.8) is 0 Å². The van der Waals surface area contributed by atoms with E-state index in [2.05, 4.69) is 64.2 Å². The first kappa shape index (κ1) is 25.8. The molecule has 0 atom stereocenters. The summed E-state index contributed by atoms with van der Waals surface area (Å²) < 4.78 is 0. The maximum absolute atomic E-state index is 9.10. The zero-order valence-corrected chi connectivity index (χ0v) is 18.7. The largest absolute Gasteiger partial charge is 0.473 e. The lowest BCUT2D eigenvalue weighted by atomic mass is 10.2. The molecule has 0 radical (unpaired) electrons. The van der Waals surface area contributed by atoms with Crippen molar-refractivity contribution in [2.45, 2.75) is 26.8 Å². The predicted octanol–water partition coefficient (Wildman–Crippen LogP) is 1.57. The molecule has 3 N–H and O–H groups in total. The minimum atomic E-state index is -1.82. The number of nitrogens with zero attached hydrogens (tertiary/aromatic N) is 3. The Morgan fingerprint density at radius 3 is 2.10 bits per heavy atom. The highest BCUT2D eigenvalue weighted by Gasteiger charge is 2.18. The smallest absolute Gasteiger partial charge is 0.414 e. The van der Waals surface area contributed by atoms with Crippen LogP contribution in [-0.4, -0.2) is 94.3 Å². The van der Waals surface area contributed by atoms with Gasteiger partial charge >= 0.3 is 11.9 Å². The van der Waals surface area contributed by atoms with Gasteiger partial charge in [0, 0.05) is 39.3 Å². The average Bonchev–Trinajstić information content (AvgIpc) is 2.75. The van der Waals surface area contributed by atoms with E-state index in [1.807, 2.05) is 0 Å². The summed E-state index contributed by atoms with van der Waals surface area (Å²) in [4.78, 5) is 25.5. The molecule has 0 aliphatic carbocycles. The number of rotatable bonds is 8. The Morgan fingerprint density at radius 2 is 1.60 bits per heavy atom. The van der Waals surface area contributed by atoms with Crippen LogP contribution in [-0.2, 0) is 16.1 Å². The summed E-state index contributed by atoms with van der Waals surface area (Å²) in [6, 6.07) is 10.7. The van der Waals surface area contributed by atoms with Gasteiger partial charge in [0.25, 0.3) is 0 Å². The van der Waals surface area contributed by atoms with Crippen LogP contribution in [0.15, 0.2) is 30.3 Å². The second-order valence-corrected chi connectivity index (χ2v) is 7.36. The molecule has 2 rings (SSSR count). The first-order valence-electron chi connectivity index (χ1n) is 10.3. The fraction of sp³-hybridized carbons (Fsp3) is 0.571. The first-order chi connectivity index (χ1) is 14.4. The van der Waals surface area contributed by atoms with E-state index in [0.717, 1.165) is 70.4 Å². The maximum Gasteiger partial charge on any atom is 0.414 e. The van der Waals surface area contributed by atoms with Crippen molar-refractivity contribution in [2.24, 2.45) is 0 Å². The standard InChI is InChI=1S/C19H32N4S.C2H2O4/c1-3-21(4-2)12-8-11-20-19(24)23-15-13-22(14-16-23)17-18-9-6-5-7-10-18;3-1(4)2(5)6/h5-7,9-10H,3-4,8,11-17H2,1-2H3,(H,20,24);(H,3,4)(H,5,6). The summed E-state index contributed by atoms with van der Waals surface area (Å²) in [7, 11) is 0. The fourth-order valence-electron chi connectivity index (χ4n) is 3.10. The molecular formula is C21H34N4O4S. The van der Waals surface area contributed by atoms with Crippen molar-refractivity contribution in [3.05, 3.63) is 35.9 Å². The highest BCUT2D eigenvalue weighted by molar-refractivity contribution is 7.80. The van der Waals surface area contributed by atoms with Gasteiger partial charge in [0.2, 0.25) is 0 Å². The molecule has 1 aliphatic heterocycles. The molecule has 30 heavy (non-hydrogen) atoms. The summed E-state index contributed by atoms with van der Waals surface area (Å²) >= 11 is 5.56. The van der Waals surface area contributed by atoms with Crippen molar-refractivity contribution >= 4 is 29.3 Å². The number of nitrogens with one attached hydrogen (secondary N) is 1. The molecule has 1 heterocycles. The highest BCUT2D eigenvalue weighted by Crippen LogP contribution is 2.08. The summed E-state index contributed by atoms with van der Waals surface area (Å²) in [5.74, 6) is -3.65. The van der Waals surface area contributed by atoms with Crippen LogP contribution in [0.1, 0.15) is 25.8 Å². The van der Waals surface area contributed by atoms with Gasteiger partial charge in [0.05, 0.1) is 0 Å². The van der Waals surface area contributed by atoms with Crippen LogP contribution >= 0.6 is 12.2 Å². The predicted molar refractivity (Wildman–Crippen MR) is 122 cm³/mol. The van der Waals surface area contributed by atoms with E-state index in [1.54, 1.807) is 0 Å². The minimum absolute atomic E-state index is 0.925. The summed E-state index contributed by atoms with van der Waals surface area (Å²) in [6.07, 6.45) is 1.15. The molecule has 1 aliphatic rings. The number of carboxylic acid groups (broad SMARTS) is 2. The van der Waals surface area contributed by atoms with E-state index < -0.39 is 11.9 Å². The van der Waals surface area contributed by atoms with Crippen molar-refractivity contribution in [1.82, 2.24) is 20.0 Å². The Morgan fingerprint density at radius 1 is 1.03 bits per heavy atom. The number of thiocarbonyl (C=S) groups is 1. The van der Waals surface area contributed by atoms with Gasteiger partial charge < -0.3 is 25.3 Å². The number of hydrogen-bond acceptors (Lipinski definition) is 5. The highest BCUT2D eigenvalue weighted by atomic mass is 32.1. The second kappa shape index (κ2) is 14.7. The van der Waals surface area contributed by atoms with Gasteiger partial charge in [-0.3, -0.25) is 4.90 Å². The Bertz CT molecular complexity index is 636. The Labute approximate surface area is 184 Å². The van der Waals surface area contributed by atoms with Gasteiger partial charge in [-0.1, -0.05) is 44.2 Å². The number of benzene rings is 1. The van der Waals surface area contributed by atoms with Gasteiger partial charge in [-0.15, -0.1) is 0 Å². The lowest BCUT2D eigenvalue weighted by Gasteiger charge is -2.36. The third-order valence-corrected chi connectivity index (χ3v) is 5.32. The Hall–Kier alpha value is -2.23. The minimum Gasteiger partial charge on any atom is -0.473 e. The molecular weight excluding hydrogens is 404 g/mol. The molecule has 1 fully saturated rings. The van der Waals surface area contributed by atoms with Crippen LogP contribution in [0.5, 0.6) is 0 Å². The van der Waals surface area contributed by atoms with Crippen LogP contribution in [0.2, 0.25) is 0 Å². The molecule has 1 saturated heterocycles. The van der Waals surface area contributed by atoms with Gasteiger partial charge in [-0.05, 0) is 43.8 Å².